The second kappa shape index (κ2) is 9.23. The summed E-state index contributed by atoms with van der Waals surface area (Å²) in [7, 11) is 1.64. The zero-order valence-electron chi connectivity index (χ0n) is 14.2. The molecular formula is C19H23NO3S. The van der Waals surface area contributed by atoms with Crippen LogP contribution in [0, 0.1) is 0 Å². The molecule has 0 heterocycles. The second-order valence-corrected chi connectivity index (χ2v) is 6.30. The van der Waals surface area contributed by atoms with Gasteiger partial charge in [-0.15, -0.1) is 11.8 Å². The monoisotopic (exact) mass is 345 g/mol. The maximum Gasteiger partial charge on any atom is 0.230 e. The summed E-state index contributed by atoms with van der Waals surface area (Å²) >= 11 is 1.51. The highest BCUT2D eigenvalue weighted by Gasteiger charge is 2.10. The Bertz CT molecular complexity index is 641. The molecule has 2 rings (SSSR count). The molecule has 5 heteroatoms. The van der Waals surface area contributed by atoms with Crippen LogP contribution >= 0.6 is 11.8 Å². The third-order valence-corrected chi connectivity index (χ3v) is 4.51. The molecule has 0 fully saturated rings. The van der Waals surface area contributed by atoms with Crippen molar-refractivity contribution in [3.8, 4) is 11.5 Å². The normalized spacial score (nSPS) is 11.6. The minimum atomic E-state index is -0.0374. The fourth-order valence-corrected chi connectivity index (χ4v) is 2.92. The van der Waals surface area contributed by atoms with E-state index >= 15 is 0 Å². The first kappa shape index (κ1) is 18.2. The lowest BCUT2D eigenvalue weighted by molar-refractivity contribution is -0.119. The third kappa shape index (κ3) is 5.49. The zero-order valence-corrected chi connectivity index (χ0v) is 15.1. The van der Waals surface area contributed by atoms with Crippen molar-refractivity contribution in [2.24, 2.45) is 0 Å². The average Bonchev–Trinajstić information content (AvgIpc) is 2.61. The van der Waals surface area contributed by atoms with Crippen molar-refractivity contribution < 1.29 is 14.3 Å². The molecule has 0 spiro atoms. The number of hydrogen-bond acceptors (Lipinski definition) is 4. The van der Waals surface area contributed by atoms with E-state index in [-0.39, 0.29) is 11.9 Å². The molecule has 24 heavy (non-hydrogen) atoms. The number of amides is 1. The Hall–Kier alpha value is -2.14. The number of nitrogens with one attached hydrogen (secondary N) is 1. The molecular weight excluding hydrogens is 322 g/mol. The lowest BCUT2D eigenvalue weighted by Gasteiger charge is -2.15. The lowest BCUT2D eigenvalue weighted by atomic mass is 10.1. The summed E-state index contributed by atoms with van der Waals surface area (Å²) in [6, 6.07) is 15.5. The van der Waals surface area contributed by atoms with Crippen LogP contribution in [-0.4, -0.2) is 25.4 Å². The number of methoxy groups -OCH3 is 1. The molecule has 1 atom stereocenters. The average molecular weight is 345 g/mol. The van der Waals surface area contributed by atoms with Crippen molar-refractivity contribution >= 4 is 17.7 Å². The van der Waals surface area contributed by atoms with Gasteiger partial charge in [0.1, 0.15) is 11.5 Å². The number of carbonyl (C=O) groups is 1. The molecule has 0 saturated carbocycles. The molecule has 4 nitrogen and oxygen atoms in total. The Morgan fingerprint density at radius 1 is 1.08 bits per heavy atom. The summed E-state index contributed by atoms with van der Waals surface area (Å²) in [5.74, 6) is 2.05. The van der Waals surface area contributed by atoms with Crippen molar-refractivity contribution in [1.82, 2.24) is 5.32 Å². The van der Waals surface area contributed by atoms with Crippen LogP contribution in [0.1, 0.15) is 25.5 Å². The number of benzene rings is 2. The van der Waals surface area contributed by atoms with Gasteiger partial charge in [0.05, 0.1) is 25.5 Å². The summed E-state index contributed by atoms with van der Waals surface area (Å²) in [5, 5.41) is 3.02. The Morgan fingerprint density at radius 3 is 2.29 bits per heavy atom. The van der Waals surface area contributed by atoms with Gasteiger partial charge in [0.25, 0.3) is 0 Å². The standard InChI is InChI=1S/C19H23NO3S/c1-4-23-17-7-5-15(6-8-17)14(2)20-19(21)13-24-18-11-9-16(22-3)10-12-18/h5-12,14H,4,13H2,1-3H3,(H,20,21). The molecule has 0 aliphatic rings. The maximum absolute atomic E-state index is 12.1. The van der Waals surface area contributed by atoms with Gasteiger partial charge >= 0.3 is 0 Å². The van der Waals surface area contributed by atoms with Gasteiger partial charge < -0.3 is 14.8 Å². The van der Waals surface area contributed by atoms with Gasteiger partial charge in [0, 0.05) is 4.90 Å². The molecule has 0 aliphatic heterocycles. The molecule has 2 aromatic rings. The highest BCUT2D eigenvalue weighted by molar-refractivity contribution is 8.00. The van der Waals surface area contributed by atoms with E-state index in [9.17, 15) is 4.79 Å². The third-order valence-electron chi connectivity index (χ3n) is 3.50. The molecule has 128 valence electrons. The predicted molar refractivity (Wildman–Crippen MR) is 97.9 cm³/mol. The van der Waals surface area contributed by atoms with Gasteiger partial charge in [0.2, 0.25) is 5.91 Å². The van der Waals surface area contributed by atoms with Crippen LogP contribution < -0.4 is 14.8 Å². The highest BCUT2D eigenvalue weighted by Crippen LogP contribution is 2.22. The van der Waals surface area contributed by atoms with Crippen LogP contribution in [0.25, 0.3) is 0 Å². The number of carbonyl (C=O) groups excluding carboxylic acids is 1. The van der Waals surface area contributed by atoms with Gasteiger partial charge in [-0.05, 0) is 55.8 Å². The van der Waals surface area contributed by atoms with E-state index in [1.54, 1.807) is 7.11 Å². The molecule has 1 unspecified atom stereocenters. The van der Waals surface area contributed by atoms with Gasteiger partial charge in [-0.3, -0.25) is 4.79 Å². The Kier molecular flexibility index (Phi) is 7.00. The fourth-order valence-electron chi connectivity index (χ4n) is 2.21. The van der Waals surface area contributed by atoms with E-state index in [0.717, 1.165) is 22.0 Å². The molecule has 0 aliphatic carbocycles. The zero-order chi connectivity index (χ0) is 17.4. The number of thioether (sulfide) groups is 1. The summed E-state index contributed by atoms with van der Waals surface area (Å²) < 4.78 is 10.5. The first-order valence-electron chi connectivity index (χ1n) is 7.91. The number of rotatable bonds is 8. The first-order valence-corrected chi connectivity index (χ1v) is 8.90. The van der Waals surface area contributed by atoms with E-state index in [1.165, 1.54) is 11.8 Å². The van der Waals surface area contributed by atoms with Gasteiger partial charge in [-0.2, -0.15) is 0 Å². The van der Waals surface area contributed by atoms with E-state index in [0.29, 0.717) is 12.4 Å². The molecule has 2 aromatic carbocycles. The molecule has 1 amide bonds. The topological polar surface area (TPSA) is 47.6 Å². The Balaban J connectivity index is 1.82. The number of hydrogen-bond donors (Lipinski definition) is 1. The minimum Gasteiger partial charge on any atom is -0.497 e. The van der Waals surface area contributed by atoms with Crippen molar-refractivity contribution in [1.29, 1.82) is 0 Å². The summed E-state index contributed by atoms with van der Waals surface area (Å²) in [6.07, 6.45) is 0. The van der Waals surface area contributed by atoms with Crippen molar-refractivity contribution in [3.05, 3.63) is 54.1 Å². The van der Waals surface area contributed by atoms with Gasteiger partial charge in [0.15, 0.2) is 0 Å². The highest BCUT2D eigenvalue weighted by atomic mass is 32.2. The van der Waals surface area contributed by atoms with E-state index in [2.05, 4.69) is 5.32 Å². The first-order chi connectivity index (χ1) is 11.6. The molecule has 0 bridgehead atoms. The Morgan fingerprint density at radius 2 is 1.71 bits per heavy atom. The Labute approximate surface area is 147 Å². The van der Waals surface area contributed by atoms with Crippen LogP contribution in [0.4, 0.5) is 0 Å². The lowest BCUT2D eigenvalue weighted by Crippen LogP contribution is -2.28. The van der Waals surface area contributed by atoms with Crippen LogP contribution in [0.5, 0.6) is 11.5 Å². The van der Waals surface area contributed by atoms with Crippen LogP contribution in [0.2, 0.25) is 0 Å². The summed E-state index contributed by atoms with van der Waals surface area (Å²) in [6.45, 7) is 4.58. The fraction of sp³-hybridized carbons (Fsp3) is 0.316. The molecule has 0 aromatic heterocycles. The second-order valence-electron chi connectivity index (χ2n) is 5.26. The van der Waals surface area contributed by atoms with E-state index < -0.39 is 0 Å². The number of ether oxygens (including phenoxy) is 2. The van der Waals surface area contributed by atoms with Crippen LogP contribution in [0.3, 0.4) is 0 Å². The molecule has 0 radical (unpaired) electrons. The van der Waals surface area contributed by atoms with Gasteiger partial charge in [-0.25, -0.2) is 0 Å². The van der Waals surface area contributed by atoms with Crippen molar-refractivity contribution in [3.63, 3.8) is 0 Å². The predicted octanol–water partition coefficient (Wildman–Crippen LogP) is 4.06. The van der Waals surface area contributed by atoms with E-state index in [1.807, 2.05) is 62.4 Å². The quantitative estimate of drug-likeness (QED) is 0.733. The summed E-state index contributed by atoms with van der Waals surface area (Å²) in [4.78, 5) is 13.2. The van der Waals surface area contributed by atoms with Crippen LogP contribution in [0.15, 0.2) is 53.4 Å². The molecule has 0 saturated heterocycles. The molecule has 1 N–H and O–H groups in total. The maximum atomic E-state index is 12.1. The smallest absolute Gasteiger partial charge is 0.230 e. The minimum absolute atomic E-state index is 0.0113. The van der Waals surface area contributed by atoms with E-state index in [4.69, 9.17) is 9.47 Å². The van der Waals surface area contributed by atoms with Crippen molar-refractivity contribution in [2.45, 2.75) is 24.8 Å². The van der Waals surface area contributed by atoms with Crippen LogP contribution in [-0.2, 0) is 4.79 Å². The largest absolute Gasteiger partial charge is 0.497 e. The summed E-state index contributed by atoms with van der Waals surface area (Å²) in [5.41, 5.74) is 1.06. The van der Waals surface area contributed by atoms with Crippen molar-refractivity contribution in [2.75, 3.05) is 19.5 Å². The van der Waals surface area contributed by atoms with Gasteiger partial charge in [-0.1, -0.05) is 12.1 Å². The SMILES string of the molecule is CCOc1ccc(C(C)NC(=O)CSc2ccc(OC)cc2)cc1.